The van der Waals surface area contributed by atoms with Gasteiger partial charge in [0.1, 0.15) is 12.2 Å². The molecule has 0 radical (unpaired) electrons. The van der Waals surface area contributed by atoms with Crippen LogP contribution in [0.5, 0.6) is 11.6 Å². The molecule has 1 aliphatic rings. The molecule has 15 heteroatoms. The van der Waals surface area contributed by atoms with E-state index in [-0.39, 0.29) is 26.1 Å². The highest BCUT2D eigenvalue weighted by Crippen LogP contribution is 2.33. The van der Waals surface area contributed by atoms with E-state index in [4.69, 9.17) is 9.47 Å². The molecule has 1 N–H and O–H groups in total. The van der Waals surface area contributed by atoms with E-state index in [0.717, 1.165) is 12.3 Å². The van der Waals surface area contributed by atoms with Crippen molar-refractivity contribution in [2.45, 2.75) is 71.5 Å². The molecule has 2 aromatic heterocycles. The zero-order valence-corrected chi connectivity index (χ0v) is 22.7. The minimum atomic E-state index is -4.96. The van der Waals surface area contributed by atoms with Crippen molar-refractivity contribution in [3.63, 3.8) is 0 Å². The number of pyridine rings is 1. The van der Waals surface area contributed by atoms with Crippen LogP contribution in [0.3, 0.4) is 0 Å². The van der Waals surface area contributed by atoms with Crippen molar-refractivity contribution < 1.29 is 45.8 Å². The molecule has 0 unspecified atom stereocenters. The molecular formula is C25H32F5N5O5. The highest BCUT2D eigenvalue weighted by molar-refractivity contribution is 5.82. The first kappa shape index (κ1) is 30.9. The van der Waals surface area contributed by atoms with E-state index >= 15 is 0 Å². The number of rotatable bonds is 8. The second-order valence-electron chi connectivity index (χ2n) is 11.0. The summed E-state index contributed by atoms with van der Waals surface area (Å²) in [6.07, 6.45) is -1.64. The number of carbonyl (C=O) groups is 2. The summed E-state index contributed by atoms with van der Waals surface area (Å²) < 4.78 is 79.8. The molecule has 1 saturated heterocycles. The van der Waals surface area contributed by atoms with Gasteiger partial charge < -0.3 is 24.4 Å². The van der Waals surface area contributed by atoms with Gasteiger partial charge in [-0.2, -0.15) is 13.9 Å². The summed E-state index contributed by atoms with van der Waals surface area (Å²) in [5.74, 6) is -2.21. The van der Waals surface area contributed by atoms with Gasteiger partial charge in [0.2, 0.25) is 5.91 Å². The van der Waals surface area contributed by atoms with Crippen molar-refractivity contribution in [3.05, 3.63) is 36.3 Å². The average molecular weight is 578 g/mol. The quantitative estimate of drug-likeness (QED) is 0.446. The van der Waals surface area contributed by atoms with E-state index in [9.17, 15) is 31.5 Å². The second-order valence-corrected chi connectivity index (χ2v) is 11.0. The lowest BCUT2D eigenvalue weighted by molar-refractivity contribution is -0.275. The Morgan fingerprint density at radius 1 is 1.18 bits per heavy atom. The summed E-state index contributed by atoms with van der Waals surface area (Å²) in [7, 11) is 0. The number of nitrogens with zero attached hydrogens (tertiary/aromatic N) is 4. The van der Waals surface area contributed by atoms with Crippen molar-refractivity contribution >= 4 is 12.0 Å². The topological polar surface area (TPSA) is 108 Å². The maximum absolute atomic E-state index is 13.3. The number of hydrogen-bond acceptors (Lipinski definition) is 7. The highest BCUT2D eigenvalue weighted by Gasteiger charge is 2.39. The number of amides is 2. The Kier molecular flexibility index (Phi) is 9.14. The summed E-state index contributed by atoms with van der Waals surface area (Å²) in [5.41, 5.74) is -1.62. The Morgan fingerprint density at radius 2 is 1.88 bits per heavy atom. The predicted octanol–water partition coefficient (Wildman–Crippen LogP) is 4.89. The third-order valence-corrected chi connectivity index (χ3v) is 5.98. The summed E-state index contributed by atoms with van der Waals surface area (Å²) >= 11 is 0. The SMILES string of the molecule is CC(C)(C)OC(=O)N1CC[C@@H](NC(=O)C(C)(C)COc2ncccc2OC(F)(F)F)[C@H](c2cnn(C(F)F)c2)C1. The van der Waals surface area contributed by atoms with Crippen LogP contribution in [-0.4, -0.2) is 69.4 Å². The fourth-order valence-corrected chi connectivity index (χ4v) is 3.97. The van der Waals surface area contributed by atoms with Crippen LogP contribution < -0.4 is 14.8 Å². The summed E-state index contributed by atoms with van der Waals surface area (Å²) in [5, 5.41) is 6.57. The minimum absolute atomic E-state index is 0.0673. The second kappa shape index (κ2) is 11.8. The van der Waals surface area contributed by atoms with Gasteiger partial charge in [-0.3, -0.25) is 4.79 Å². The Morgan fingerprint density at radius 3 is 2.48 bits per heavy atom. The number of likely N-dealkylation sites (tertiary alicyclic amines) is 1. The van der Waals surface area contributed by atoms with Crippen LogP contribution in [0.15, 0.2) is 30.7 Å². The van der Waals surface area contributed by atoms with E-state index in [1.54, 1.807) is 20.8 Å². The molecule has 3 rings (SSSR count). The van der Waals surface area contributed by atoms with Gasteiger partial charge in [-0.05, 0) is 58.7 Å². The molecule has 2 amide bonds. The number of piperidine rings is 1. The van der Waals surface area contributed by atoms with Crippen LogP contribution in [0.1, 0.15) is 59.1 Å². The van der Waals surface area contributed by atoms with Gasteiger partial charge in [-0.1, -0.05) is 0 Å². The molecule has 1 aliphatic heterocycles. The zero-order valence-electron chi connectivity index (χ0n) is 22.7. The number of carbonyl (C=O) groups excluding carboxylic acids is 2. The van der Waals surface area contributed by atoms with Crippen LogP contribution in [-0.2, 0) is 9.53 Å². The molecule has 2 atom stereocenters. The Labute approximate surface area is 227 Å². The molecule has 0 saturated carbocycles. The lowest BCUT2D eigenvalue weighted by atomic mass is 9.85. The largest absolute Gasteiger partial charge is 0.573 e. The summed E-state index contributed by atoms with van der Waals surface area (Å²) in [6.45, 7) is 5.26. The van der Waals surface area contributed by atoms with Crippen molar-refractivity contribution in [2.24, 2.45) is 5.41 Å². The molecule has 3 heterocycles. The maximum Gasteiger partial charge on any atom is 0.573 e. The van der Waals surface area contributed by atoms with Gasteiger partial charge >= 0.3 is 19.0 Å². The van der Waals surface area contributed by atoms with Gasteiger partial charge in [0.15, 0.2) is 5.75 Å². The first-order valence-electron chi connectivity index (χ1n) is 12.4. The lowest BCUT2D eigenvalue weighted by Gasteiger charge is -2.40. The normalized spacial score (nSPS) is 18.4. The van der Waals surface area contributed by atoms with E-state index in [0.29, 0.717) is 10.2 Å². The fraction of sp³-hybridized carbons (Fsp3) is 0.600. The number of aromatic nitrogens is 3. The molecule has 0 aromatic carbocycles. The molecule has 1 fully saturated rings. The minimum Gasteiger partial charge on any atom is -0.474 e. The molecule has 2 aromatic rings. The molecule has 40 heavy (non-hydrogen) atoms. The number of ether oxygens (including phenoxy) is 3. The smallest absolute Gasteiger partial charge is 0.474 e. The monoisotopic (exact) mass is 577 g/mol. The van der Waals surface area contributed by atoms with Gasteiger partial charge in [0, 0.05) is 37.4 Å². The maximum atomic E-state index is 13.3. The Bertz CT molecular complexity index is 1180. The summed E-state index contributed by atoms with van der Waals surface area (Å²) in [6, 6.07) is 1.69. The first-order chi connectivity index (χ1) is 18.4. The zero-order chi connectivity index (χ0) is 29.9. The van der Waals surface area contributed by atoms with E-state index in [1.165, 1.54) is 37.2 Å². The number of alkyl halides is 5. The summed E-state index contributed by atoms with van der Waals surface area (Å²) in [4.78, 5) is 31.2. The number of hydrogen-bond donors (Lipinski definition) is 1. The Hall–Kier alpha value is -3.65. The van der Waals surface area contributed by atoms with Crippen LogP contribution in [0, 0.1) is 5.41 Å². The lowest BCUT2D eigenvalue weighted by Crippen LogP contribution is -2.54. The molecular weight excluding hydrogens is 545 g/mol. The third kappa shape index (κ3) is 8.42. The fourth-order valence-electron chi connectivity index (χ4n) is 3.97. The van der Waals surface area contributed by atoms with Gasteiger partial charge in [-0.25, -0.2) is 14.5 Å². The van der Waals surface area contributed by atoms with Crippen LogP contribution in [0.25, 0.3) is 0 Å². The van der Waals surface area contributed by atoms with Crippen molar-refractivity contribution in [3.8, 4) is 11.6 Å². The van der Waals surface area contributed by atoms with Gasteiger partial charge in [0.05, 0.1) is 11.6 Å². The first-order valence-corrected chi connectivity index (χ1v) is 12.4. The predicted molar refractivity (Wildman–Crippen MR) is 131 cm³/mol. The standard InChI is InChI=1S/C25H32F5N5O5/c1-23(2,3)40-22(37)34-10-8-17(16(13-34)15-11-32-35(12-15)21(26)27)33-20(36)24(4,5)14-38-19-18(7-6-9-31-19)39-25(28,29)30/h6-7,9,11-12,16-17,21H,8,10,13-14H2,1-5H3,(H,33,36)/t16-,17+/m0/s1. The molecule has 10 nitrogen and oxygen atoms in total. The van der Waals surface area contributed by atoms with Gasteiger partial charge in [-0.15, -0.1) is 13.2 Å². The number of nitrogens with one attached hydrogen (secondary N) is 1. The van der Waals surface area contributed by atoms with Crippen LogP contribution >= 0.6 is 0 Å². The molecule has 222 valence electrons. The van der Waals surface area contributed by atoms with Crippen molar-refractivity contribution in [2.75, 3.05) is 19.7 Å². The van der Waals surface area contributed by atoms with E-state index < -0.39 is 59.5 Å². The Balaban J connectivity index is 1.74. The molecule has 0 spiro atoms. The van der Waals surface area contributed by atoms with Crippen molar-refractivity contribution in [1.82, 2.24) is 25.0 Å². The van der Waals surface area contributed by atoms with Crippen LogP contribution in [0.2, 0.25) is 0 Å². The van der Waals surface area contributed by atoms with Crippen molar-refractivity contribution in [1.29, 1.82) is 0 Å². The van der Waals surface area contributed by atoms with E-state index in [2.05, 4.69) is 20.1 Å². The number of halogens is 5. The third-order valence-electron chi connectivity index (χ3n) is 5.98. The average Bonchev–Trinajstić information content (AvgIpc) is 3.32. The molecule has 0 bridgehead atoms. The van der Waals surface area contributed by atoms with E-state index in [1.807, 2.05) is 0 Å². The van der Waals surface area contributed by atoms with Crippen LogP contribution in [0.4, 0.5) is 26.7 Å². The molecule has 0 aliphatic carbocycles. The highest BCUT2D eigenvalue weighted by atomic mass is 19.4. The van der Waals surface area contributed by atoms with Gasteiger partial charge in [0.25, 0.3) is 5.88 Å².